The molecule has 2 aromatic rings. The Hall–Kier alpha value is -1.88. The van der Waals surface area contributed by atoms with E-state index in [4.69, 9.17) is 0 Å². The number of carbonyl (C=O) groups is 1. The third-order valence-corrected chi connectivity index (χ3v) is 3.76. The van der Waals surface area contributed by atoms with Gasteiger partial charge in [-0.2, -0.15) is 0 Å². The van der Waals surface area contributed by atoms with E-state index in [1.165, 1.54) is 11.3 Å². The van der Waals surface area contributed by atoms with Gasteiger partial charge in [-0.1, -0.05) is 13.3 Å². The molecule has 1 aromatic heterocycles. The lowest BCUT2D eigenvalue weighted by atomic mass is 10.2. The van der Waals surface area contributed by atoms with E-state index in [9.17, 15) is 9.90 Å². The molecule has 0 aliphatic rings. The summed E-state index contributed by atoms with van der Waals surface area (Å²) < 4.78 is 0. The van der Waals surface area contributed by atoms with Gasteiger partial charge in [0, 0.05) is 17.4 Å². The number of phenols is 1. The molecule has 20 heavy (non-hydrogen) atoms. The molecule has 0 saturated carbocycles. The standard InChI is InChI=1S/C15H18N2O2S/c1-2-3-4-14(19)16-9-15-17-13(10-20-15)11-5-7-12(18)8-6-11/h5-8,10,18H,2-4,9H2,1H3,(H,16,19). The SMILES string of the molecule is CCCCC(=O)NCc1nc(-c2ccc(O)cc2)cs1. The molecule has 4 nitrogen and oxygen atoms in total. The first-order valence-electron chi connectivity index (χ1n) is 6.69. The third kappa shape index (κ3) is 4.06. The average molecular weight is 290 g/mol. The van der Waals surface area contributed by atoms with Crippen molar-refractivity contribution in [2.24, 2.45) is 0 Å². The highest BCUT2D eigenvalue weighted by atomic mass is 32.1. The Labute approximate surface area is 122 Å². The van der Waals surface area contributed by atoms with Crippen molar-refractivity contribution in [3.63, 3.8) is 0 Å². The Kier molecular flexibility index (Phi) is 5.12. The van der Waals surface area contributed by atoms with Gasteiger partial charge in [0.2, 0.25) is 5.91 Å². The van der Waals surface area contributed by atoms with E-state index in [0.717, 1.165) is 29.1 Å². The zero-order valence-electron chi connectivity index (χ0n) is 11.4. The highest BCUT2D eigenvalue weighted by Crippen LogP contribution is 2.23. The second-order valence-electron chi connectivity index (χ2n) is 4.55. The topological polar surface area (TPSA) is 62.2 Å². The number of hydrogen-bond acceptors (Lipinski definition) is 4. The van der Waals surface area contributed by atoms with Crippen molar-refractivity contribution in [2.75, 3.05) is 0 Å². The van der Waals surface area contributed by atoms with Gasteiger partial charge in [-0.25, -0.2) is 4.98 Å². The maximum atomic E-state index is 11.5. The molecule has 1 aromatic carbocycles. The summed E-state index contributed by atoms with van der Waals surface area (Å²) in [6.07, 6.45) is 2.52. The Morgan fingerprint density at radius 3 is 2.80 bits per heavy atom. The fourth-order valence-corrected chi connectivity index (χ4v) is 2.50. The Morgan fingerprint density at radius 2 is 2.10 bits per heavy atom. The van der Waals surface area contributed by atoms with Gasteiger partial charge < -0.3 is 10.4 Å². The average Bonchev–Trinajstić information content (AvgIpc) is 2.92. The van der Waals surface area contributed by atoms with E-state index in [2.05, 4.69) is 17.2 Å². The first-order valence-corrected chi connectivity index (χ1v) is 7.57. The predicted molar refractivity (Wildman–Crippen MR) is 80.6 cm³/mol. The molecule has 0 bridgehead atoms. The fraction of sp³-hybridized carbons (Fsp3) is 0.333. The number of hydrogen-bond donors (Lipinski definition) is 2. The Morgan fingerprint density at radius 1 is 1.35 bits per heavy atom. The summed E-state index contributed by atoms with van der Waals surface area (Å²) in [6, 6.07) is 6.93. The van der Waals surface area contributed by atoms with Crippen molar-refractivity contribution in [3.05, 3.63) is 34.7 Å². The highest BCUT2D eigenvalue weighted by molar-refractivity contribution is 7.09. The van der Waals surface area contributed by atoms with Crippen molar-refractivity contribution in [2.45, 2.75) is 32.7 Å². The van der Waals surface area contributed by atoms with E-state index in [0.29, 0.717) is 13.0 Å². The molecule has 0 fully saturated rings. The van der Waals surface area contributed by atoms with Gasteiger partial charge >= 0.3 is 0 Å². The first-order chi connectivity index (χ1) is 9.69. The number of rotatable bonds is 6. The van der Waals surface area contributed by atoms with Crippen LogP contribution in [-0.2, 0) is 11.3 Å². The van der Waals surface area contributed by atoms with E-state index in [1.54, 1.807) is 12.1 Å². The maximum Gasteiger partial charge on any atom is 0.220 e. The summed E-state index contributed by atoms with van der Waals surface area (Å²) in [4.78, 5) is 16.0. The summed E-state index contributed by atoms with van der Waals surface area (Å²) in [5.41, 5.74) is 1.83. The van der Waals surface area contributed by atoms with Crippen LogP contribution < -0.4 is 5.32 Å². The van der Waals surface area contributed by atoms with Crippen LogP contribution in [0.15, 0.2) is 29.6 Å². The number of benzene rings is 1. The van der Waals surface area contributed by atoms with Crippen molar-refractivity contribution in [3.8, 4) is 17.0 Å². The van der Waals surface area contributed by atoms with Crippen LogP contribution in [0.4, 0.5) is 0 Å². The van der Waals surface area contributed by atoms with Gasteiger partial charge in [0.1, 0.15) is 10.8 Å². The van der Waals surface area contributed by atoms with Crippen LogP contribution in [0.2, 0.25) is 0 Å². The van der Waals surface area contributed by atoms with Crippen LogP contribution in [0.25, 0.3) is 11.3 Å². The molecule has 0 spiro atoms. The molecule has 0 unspecified atom stereocenters. The molecule has 106 valence electrons. The molecule has 0 aliphatic heterocycles. The van der Waals surface area contributed by atoms with Crippen LogP contribution in [-0.4, -0.2) is 16.0 Å². The number of carbonyl (C=O) groups excluding carboxylic acids is 1. The molecule has 0 atom stereocenters. The minimum Gasteiger partial charge on any atom is -0.508 e. The van der Waals surface area contributed by atoms with Crippen LogP contribution in [0, 0.1) is 0 Å². The van der Waals surface area contributed by atoms with Crippen molar-refractivity contribution in [1.29, 1.82) is 0 Å². The van der Waals surface area contributed by atoms with Crippen LogP contribution in [0.1, 0.15) is 31.2 Å². The number of nitrogens with zero attached hydrogens (tertiary/aromatic N) is 1. The molecular formula is C15H18N2O2S. The van der Waals surface area contributed by atoms with E-state index in [-0.39, 0.29) is 11.7 Å². The van der Waals surface area contributed by atoms with Crippen LogP contribution >= 0.6 is 11.3 Å². The number of aromatic nitrogens is 1. The molecule has 1 heterocycles. The minimum absolute atomic E-state index is 0.0771. The Balaban J connectivity index is 1.92. The number of amides is 1. The lowest BCUT2D eigenvalue weighted by molar-refractivity contribution is -0.121. The van der Waals surface area contributed by atoms with E-state index in [1.807, 2.05) is 17.5 Å². The number of nitrogens with one attached hydrogen (secondary N) is 1. The molecule has 0 radical (unpaired) electrons. The third-order valence-electron chi connectivity index (χ3n) is 2.91. The number of phenolic OH excluding ortho intramolecular Hbond substituents is 1. The van der Waals surface area contributed by atoms with Crippen molar-refractivity contribution in [1.82, 2.24) is 10.3 Å². The largest absolute Gasteiger partial charge is 0.508 e. The molecule has 2 rings (SSSR count). The van der Waals surface area contributed by atoms with Gasteiger partial charge in [0.25, 0.3) is 0 Å². The van der Waals surface area contributed by atoms with E-state index >= 15 is 0 Å². The number of unbranched alkanes of at least 4 members (excludes halogenated alkanes) is 1. The van der Waals surface area contributed by atoms with Crippen molar-refractivity contribution < 1.29 is 9.90 Å². The second-order valence-corrected chi connectivity index (χ2v) is 5.50. The summed E-state index contributed by atoms with van der Waals surface area (Å²) in [6.45, 7) is 2.54. The zero-order valence-corrected chi connectivity index (χ0v) is 12.2. The summed E-state index contributed by atoms with van der Waals surface area (Å²) >= 11 is 1.53. The minimum atomic E-state index is 0.0771. The molecule has 5 heteroatoms. The highest BCUT2D eigenvalue weighted by Gasteiger charge is 2.06. The number of thiazole rings is 1. The van der Waals surface area contributed by atoms with E-state index < -0.39 is 0 Å². The summed E-state index contributed by atoms with van der Waals surface area (Å²) in [5.74, 6) is 0.320. The molecule has 2 N–H and O–H groups in total. The molecule has 1 amide bonds. The summed E-state index contributed by atoms with van der Waals surface area (Å²) in [7, 11) is 0. The number of aromatic hydroxyl groups is 1. The first kappa shape index (κ1) is 14.5. The lowest BCUT2D eigenvalue weighted by Crippen LogP contribution is -2.22. The van der Waals surface area contributed by atoms with Gasteiger partial charge in [-0.15, -0.1) is 11.3 Å². The Bertz CT molecular complexity index is 564. The second kappa shape index (κ2) is 7.05. The zero-order chi connectivity index (χ0) is 14.4. The smallest absolute Gasteiger partial charge is 0.220 e. The quantitative estimate of drug-likeness (QED) is 0.858. The van der Waals surface area contributed by atoms with Crippen LogP contribution in [0.3, 0.4) is 0 Å². The monoisotopic (exact) mass is 290 g/mol. The van der Waals surface area contributed by atoms with Gasteiger partial charge in [-0.05, 0) is 30.7 Å². The molecule has 0 saturated heterocycles. The maximum absolute atomic E-state index is 11.5. The molecule has 0 aliphatic carbocycles. The fourth-order valence-electron chi connectivity index (χ4n) is 1.76. The lowest BCUT2D eigenvalue weighted by Gasteiger charge is -2.01. The summed E-state index contributed by atoms with van der Waals surface area (Å²) in [5, 5.41) is 15.0. The van der Waals surface area contributed by atoms with Crippen molar-refractivity contribution >= 4 is 17.2 Å². The molecular weight excluding hydrogens is 272 g/mol. The van der Waals surface area contributed by atoms with Gasteiger partial charge in [0.15, 0.2) is 0 Å². The van der Waals surface area contributed by atoms with Crippen LogP contribution in [0.5, 0.6) is 5.75 Å². The normalized spacial score (nSPS) is 10.4. The van der Waals surface area contributed by atoms with Gasteiger partial charge in [0.05, 0.1) is 12.2 Å². The predicted octanol–water partition coefficient (Wildman–Crippen LogP) is 3.32. The van der Waals surface area contributed by atoms with Gasteiger partial charge in [-0.3, -0.25) is 4.79 Å².